The second-order valence-corrected chi connectivity index (χ2v) is 4.53. The molecule has 0 aromatic heterocycles. The van der Waals surface area contributed by atoms with E-state index >= 15 is 0 Å². The molecule has 0 fully saturated rings. The van der Waals surface area contributed by atoms with Crippen LogP contribution in [0.15, 0.2) is 46.9 Å². The van der Waals surface area contributed by atoms with E-state index in [4.69, 9.17) is 4.65 Å². The maximum Gasteiger partial charge on any atom is 0.460 e. The summed E-state index contributed by atoms with van der Waals surface area (Å²) >= 11 is 6.43. The van der Waals surface area contributed by atoms with E-state index in [1.54, 1.807) is 18.2 Å². The highest BCUT2D eigenvalue weighted by Crippen LogP contribution is 2.36. The molecule has 0 bridgehead atoms. The molecule has 0 N–H and O–H groups in total. The molecule has 0 aliphatic heterocycles. The maximum atomic E-state index is 13.8. The number of hydrogen-bond donors (Lipinski definition) is 0. The van der Waals surface area contributed by atoms with Gasteiger partial charge in [0.05, 0.1) is 0 Å². The quantitative estimate of drug-likeness (QED) is 0.732. The van der Waals surface area contributed by atoms with Gasteiger partial charge in [-0.2, -0.15) is 0 Å². The van der Waals surface area contributed by atoms with E-state index in [1.807, 2.05) is 18.2 Å². The van der Waals surface area contributed by atoms with Crippen LogP contribution in [0.5, 0.6) is 5.75 Å². The van der Waals surface area contributed by atoms with Gasteiger partial charge in [0.1, 0.15) is 11.6 Å². The van der Waals surface area contributed by atoms with Crippen molar-refractivity contribution in [3.8, 4) is 16.9 Å². The highest BCUT2D eigenvalue weighted by Gasteiger charge is 2.13. The first kappa shape index (κ1) is 12.6. The molecule has 17 heavy (non-hydrogen) atoms. The minimum Gasteiger partial charge on any atom is -0.552 e. The average Bonchev–Trinajstić information content (AvgIpc) is 2.31. The smallest absolute Gasteiger partial charge is 0.460 e. The molecule has 1 nitrogen and oxygen atoms in total. The summed E-state index contributed by atoms with van der Waals surface area (Å²) in [6.45, 7) is 0. The first-order valence-corrected chi connectivity index (χ1v) is 6.57. The van der Waals surface area contributed by atoms with Crippen LogP contribution < -0.4 is 4.65 Å². The van der Waals surface area contributed by atoms with Crippen LogP contribution >= 0.6 is 31.7 Å². The first-order valence-electron chi connectivity index (χ1n) is 4.86. The van der Waals surface area contributed by atoms with Gasteiger partial charge in [-0.3, -0.25) is 0 Å². The Morgan fingerprint density at radius 2 is 1.82 bits per heavy atom. The van der Waals surface area contributed by atoms with Crippen molar-refractivity contribution in [1.29, 1.82) is 0 Å². The zero-order valence-corrected chi connectivity index (χ0v) is 11.8. The molecule has 0 atom stereocenters. The predicted molar refractivity (Wildman–Crippen MR) is 74.8 cm³/mol. The van der Waals surface area contributed by atoms with Crippen molar-refractivity contribution in [1.82, 2.24) is 0 Å². The monoisotopic (exact) mass is 355 g/mol. The minimum atomic E-state index is -0.287. The Hall–Kier alpha value is -0.805. The van der Waals surface area contributed by atoms with Crippen LogP contribution in [0.4, 0.5) is 4.39 Å². The van der Waals surface area contributed by atoms with Gasteiger partial charge in [0, 0.05) is 15.6 Å². The van der Waals surface area contributed by atoms with Crippen LogP contribution in [0.25, 0.3) is 11.1 Å². The van der Waals surface area contributed by atoms with E-state index < -0.39 is 0 Å². The molecule has 5 heteroatoms. The Morgan fingerprint density at radius 1 is 1.06 bits per heavy atom. The molecule has 85 valence electrons. The molecule has 2 aromatic carbocycles. The summed E-state index contributed by atoms with van der Waals surface area (Å²) in [7, 11) is 0. The fraction of sp³-hybridized carbons (Fsp3) is 0. The predicted octanol–water partition coefficient (Wildman–Crippen LogP) is 4.56. The lowest BCUT2D eigenvalue weighted by Crippen LogP contribution is -1.96. The Bertz CT molecular complexity index is 513. The molecule has 0 spiro atoms. The van der Waals surface area contributed by atoms with Gasteiger partial charge in [0.2, 0.25) is 0 Å². The molecule has 2 aromatic rings. The summed E-state index contributed by atoms with van der Waals surface area (Å²) in [6.07, 6.45) is 1.39. The second kappa shape index (κ2) is 5.69. The zero-order valence-electron chi connectivity index (χ0n) is 8.66. The maximum absolute atomic E-state index is 13.8. The molecular weight excluding hydrogens is 350 g/mol. The second-order valence-electron chi connectivity index (χ2n) is 3.30. The number of halogens is 3. The van der Waals surface area contributed by atoms with Gasteiger partial charge in [-0.15, -0.1) is 15.8 Å². The highest BCUT2D eigenvalue weighted by molar-refractivity contribution is 9.23. The van der Waals surface area contributed by atoms with Crippen molar-refractivity contribution in [3.63, 3.8) is 0 Å². The van der Waals surface area contributed by atoms with E-state index in [2.05, 4.69) is 31.7 Å². The molecule has 1 radical (unpaired) electrons. The van der Waals surface area contributed by atoms with Crippen molar-refractivity contribution >= 4 is 38.0 Å². The van der Waals surface area contributed by atoms with Gasteiger partial charge >= 0.3 is 6.31 Å². The van der Waals surface area contributed by atoms with Crippen molar-refractivity contribution in [3.05, 3.63) is 52.8 Å². The van der Waals surface area contributed by atoms with Crippen LogP contribution in [-0.2, 0) is 0 Å². The Balaban J connectivity index is 2.60. The van der Waals surface area contributed by atoms with Gasteiger partial charge in [0.25, 0.3) is 0 Å². The molecular formula is C12H7BBr2FO. The van der Waals surface area contributed by atoms with Gasteiger partial charge < -0.3 is 4.65 Å². The molecule has 0 saturated heterocycles. The van der Waals surface area contributed by atoms with Crippen LogP contribution in [0.2, 0.25) is 0 Å². The van der Waals surface area contributed by atoms with E-state index in [1.165, 1.54) is 12.4 Å². The van der Waals surface area contributed by atoms with Crippen molar-refractivity contribution < 1.29 is 9.04 Å². The summed E-state index contributed by atoms with van der Waals surface area (Å²) < 4.78 is 19.9. The topological polar surface area (TPSA) is 9.23 Å². The van der Waals surface area contributed by atoms with Crippen molar-refractivity contribution in [2.45, 2.75) is 0 Å². The van der Waals surface area contributed by atoms with Crippen LogP contribution in [0.3, 0.4) is 0 Å². The molecule has 0 heterocycles. The molecule has 0 unspecified atom stereocenters. The van der Waals surface area contributed by atoms with E-state index in [9.17, 15) is 4.39 Å². The first-order chi connectivity index (χ1) is 8.24. The fourth-order valence-corrected chi connectivity index (χ4v) is 2.34. The summed E-state index contributed by atoms with van der Waals surface area (Å²) in [5.74, 6) is 0.306. The van der Waals surface area contributed by atoms with Crippen LogP contribution in [0.1, 0.15) is 0 Å². The summed E-state index contributed by atoms with van der Waals surface area (Å²) in [5.41, 5.74) is 1.20. The highest BCUT2D eigenvalue weighted by atomic mass is 79.9. The number of para-hydroxylation sites is 1. The fourth-order valence-electron chi connectivity index (χ4n) is 1.58. The van der Waals surface area contributed by atoms with Crippen molar-refractivity contribution in [2.75, 3.05) is 0 Å². The number of hydrogen-bond acceptors (Lipinski definition) is 1. The molecule has 0 aliphatic rings. The molecule has 2 rings (SSSR count). The lowest BCUT2D eigenvalue weighted by atomic mass is 10.0. The van der Waals surface area contributed by atoms with E-state index in [0.29, 0.717) is 21.3 Å². The normalized spacial score (nSPS) is 10.1. The number of rotatable bonds is 3. The Morgan fingerprint density at radius 3 is 2.53 bits per heavy atom. The SMILES string of the molecule is Fc1cccc(Br)c1-c1ccccc1O[B]Br. The van der Waals surface area contributed by atoms with Crippen LogP contribution in [0, 0.1) is 5.82 Å². The standard InChI is InChI=1S/C12H7BBr2FO/c14-9-5-3-6-10(16)12(9)8-4-1-2-7-11(8)17-13-15/h1-7H. The molecule has 0 saturated carbocycles. The summed E-state index contributed by atoms with van der Waals surface area (Å²) in [5, 5.41) is 0. The average molecular weight is 357 g/mol. The van der Waals surface area contributed by atoms with Gasteiger partial charge in [-0.25, -0.2) is 4.39 Å². The van der Waals surface area contributed by atoms with E-state index in [0.717, 1.165) is 0 Å². The lowest BCUT2D eigenvalue weighted by molar-refractivity contribution is 0.608. The zero-order chi connectivity index (χ0) is 12.3. The van der Waals surface area contributed by atoms with Crippen LogP contribution in [-0.4, -0.2) is 6.31 Å². The van der Waals surface area contributed by atoms with E-state index in [-0.39, 0.29) is 5.82 Å². The molecule has 0 aliphatic carbocycles. The van der Waals surface area contributed by atoms with Gasteiger partial charge in [-0.1, -0.05) is 40.2 Å². The molecule has 0 amide bonds. The third-order valence-corrected chi connectivity index (χ3v) is 3.14. The third-order valence-electron chi connectivity index (χ3n) is 2.29. The van der Waals surface area contributed by atoms with Gasteiger partial charge in [0.15, 0.2) is 0 Å². The van der Waals surface area contributed by atoms with Gasteiger partial charge in [-0.05, 0) is 18.2 Å². The lowest BCUT2D eigenvalue weighted by Gasteiger charge is -2.11. The number of benzene rings is 2. The van der Waals surface area contributed by atoms with Crippen molar-refractivity contribution in [2.24, 2.45) is 0 Å². The largest absolute Gasteiger partial charge is 0.552 e. The summed E-state index contributed by atoms with van der Waals surface area (Å²) in [4.78, 5) is 0. The Kier molecular flexibility index (Phi) is 4.23. The summed E-state index contributed by atoms with van der Waals surface area (Å²) in [6, 6.07) is 12.2. The third kappa shape index (κ3) is 2.72. The minimum absolute atomic E-state index is 0.287. The Labute approximate surface area is 116 Å².